The highest BCUT2D eigenvalue weighted by molar-refractivity contribution is 5.46. The van der Waals surface area contributed by atoms with Gasteiger partial charge in [0.05, 0.1) is 0 Å². The van der Waals surface area contributed by atoms with Crippen LogP contribution in [0.4, 0.5) is 0 Å². The summed E-state index contributed by atoms with van der Waals surface area (Å²) in [6.07, 6.45) is 1.24. The molecule has 82 valence electrons. The van der Waals surface area contributed by atoms with Crippen molar-refractivity contribution in [2.45, 2.75) is 40.2 Å². The first-order chi connectivity index (χ1) is 7.15. The number of aryl methyl sites for hydroxylation is 2. The lowest BCUT2D eigenvalue weighted by Gasteiger charge is -2.19. The zero-order chi connectivity index (χ0) is 11.0. The predicted octanol–water partition coefficient (Wildman–Crippen LogP) is 3.15. The molecular formula is C14H21N. The summed E-state index contributed by atoms with van der Waals surface area (Å²) in [6.45, 7) is 10.1. The van der Waals surface area contributed by atoms with Crippen LogP contribution < -0.4 is 5.32 Å². The van der Waals surface area contributed by atoms with E-state index in [0.717, 1.165) is 12.5 Å². The molecule has 2 rings (SSSR count). The maximum Gasteiger partial charge on any atom is 0.0354 e. The molecule has 0 bridgehead atoms. The lowest BCUT2D eigenvalue weighted by molar-refractivity contribution is 0.425. The van der Waals surface area contributed by atoms with Gasteiger partial charge in [0.1, 0.15) is 0 Å². The smallest absolute Gasteiger partial charge is 0.0354 e. The van der Waals surface area contributed by atoms with Crippen molar-refractivity contribution in [3.8, 4) is 0 Å². The van der Waals surface area contributed by atoms with E-state index >= 15 is 0 Å². The monoisotopic (exact) mass is 203 g/mol. The zero-order valence-electron chi connectivity index (χ0n) is 10.2. The van der Waals surface area contributed by atoms with Crippen LogP contribution in [0, 0.1) is 19.8 Å². The van der Waals surface area contributed by atoms with E-state index in [4.69, 9.17) is 0 Å². The summed E-state index contributed by atoms with van der Waals surface area (Å²) in [6, 6.07) is 5.09. The van der Waals surface area contributed by atoms with E-state index in [-0.39, 0.29) is 0 Å². The van der Waals surface area contributed by atoms with Gasteiger partial charge in [0, 0.05) is 6.04 Å². The molecule has 0 saturated carbocycles. The van der Waals surface area contributed by atoms with Gasteiger partial charge >= 0.3 is 0 Å². The van der Waals surface area contributed by atoms with E-state index in [0.29, 0.717) is 6.04 Å². The van der Waals surface area contributed by atoms with Gasteiger partial charge in [-0.2, -0.15) is 0 Å². The highest BCUT2D eigenvalue weighted by atomic mass is 14.9. The molecule has 1 aromatic carbocycles. The minimum Gasteiger partial charge on any atom is -0.310 e. The maximum atomic E-state index is 3.62. The Bertz CT molecular complexity index is 368. The van der Waals surface area contributed by atoms with Crippen LogP contribution in [0.25, 0.3) is 0 Å². The summed E-state index contributed by atoms with van der Waals surface area (Å²) in [7, 11) is 0. The van der Waals surface area contributed by atoms with Gasteiger partial charge in [0.15, 0.2) is 0 Å². The van der Waals surface area contributed by atoms with E-state index < -0.39 is 0 Å². The van der Waals surface area contributed by atoms with E-state index in [9.17, 15) is 0 Å². The number of benzene rings is 1. The second-order valence-corrected chi connectivity index (χ2v) is 4.81. The molecule has 1 nitrogen and oxygen atoms in total. The van der Waals surface area contributed by atoms with Gasteiger partial charge in [-0.15, -0.1) is 0 Å². The van der Waals surface area contributed by atoms with Crippen LogP contribution in [0.15, 0.2) is 12.1 Å². The molecule has 0 spiro atoms. The van der Waals surface area contributed by atoms with Crippen LogP contribution in [0.3, 0.4) is 0 Å². The molecule has 0 saturated heterocycles. The lowest BCUT2D eigenvalue weighted by atomic mass is 9.97. The molecule has 1 heteroatoms. The van der Waals surface area contributed by atoms with E-state index in [1.807, 2.05) is 0 Å². The number of hydrogen-bond donors (Lipinski definition) is 1. The van der Waals surface area contributed by atoms with Crippen molar-refractivity contribution in [1.29, 1.82) is 0 Å². The fraction of sp³-hybridized carbons (Fsp3) is 0.571. The van der Waals surface area contributed by atoms with Gasteiger partial charge in [0.2, 0.25) is 0 Å². The SMILES string of the molecule is CCNC1c2c(C)ccc(C)c2CC1C. The van der Waals surface area contributed by atoms with Crippen molar-refractivity contribution in [2.24, 2.45) is 5.92 Å². The van der Waals surface area contributed by atoms with Crippen LogP contribution in [0.1, 0.15) is 42.1 Å². The van der Waals surface area contributed by atoms with E-state index in [1.165, 1.54) is 17.5 Å². The second kappa shape index (κ2) is 3.97. The average Bonchev–Trinajstić information content (AvgIpc) is 2.53. The third-order valence-electron chi connectivity index (χ3n) is 3.64. The van der Waals surface area contributed by atoms with Crippen LogP contribution in [-0.2, 0) is 6.42 Å². The Morgan fingerprint density at radius 3 is 2.60 bits per heavy atom. The van der Waals surface area contributed by atoms with Gasteiger partial charge in [-0.05, 0) is 55.0 Å². The van der Waals surface area contributed by atoms with Crippen molar-refractivity contribution in [3.63, 3.8) is 0 Å². The van der Waals surface area contributed by atoms with Gasteiger partial charge in [-0.3, -0.25) is 0 Å². The highest BCUT2D eigenvalue weighted by Gasteiger charge is 2.30. The third-order valence-corrected chi connectivity index (χ3v) is 3.64. The fourth-order valence-electron chi connectivity index (χ4n) is 2.84. The molecule has 1 N–H and O–H groups in total. The minimum absolute atomic E-state index is 0.574. The van der Waals surface area contributed by atoms with Crippen molar-refractivity contribution in [1.82, 2.24) is 5.32 Å². The molecule has 1 aromatic rings. The standard InChI is InChI=1S/C14H21N/c1-5-15-14-11(4)8-12-9(2)6-7-10(3)13(12)14/h6-7,11,14-15H,5,8H2,1-4H3. The van der Waals surface area contributed by atoms with Crippen molar-refractivity contribution < 1.29 is 0 Å². The maximum absolute atomic E-state index is 3.62. The lowest BCUT2D eigenvalue weighted by Crippen LogP contribution is -2.24. The third kappa shape index (κ3) is 1.69. The molecular weight excluding hydrogens is 182 g/mol. The molecule has 2 atom stereocenters. The first kappa shape index (κ1) is 10.7. The topological polar surface area (TPSA) is 12.0 Å². The minimum atomic E-state index is 0.574. The Labute approximate surface area is 92.9 Å². The highest BCUT2D eigenvalue weighted by Crippen LogP contribution is 2.39. The summed E-state index contributed by atoms with van der Waals surface area (Å²) >= 11 is 0. The molecule has 0 aromatic heterocycles. The van der Waals surface area contributed by atoms with Crippen LogP contribution in [0.2, 0.25) is 0 Å². The van der Waals surface area contributed by atoms with E-state index in [2.05, 4.69) is 45.1 Å². The molecule has 2 unspecified atom stereocenters. The van der Waals surface area contributed by atoms with Gasteiger partial charge in [0.25, 0.3) is 0 Å². The molecule has 0 radical (unpaired) electrons. The number of hydrogen-bond acceptors (Lipinski definition) is 1. The van der Waals surface area contributed by atoms with Crippen LogP contribution >= 0.6 is 0 Å². The summed E-state index contributed by atoms with van der Waals surface area (Å²) in [4.78, 5) is 0. The van der Waals surface area contributed by atoms with Crippen molar-refractivity contribution >= 4 is 0 Å². The first-order valence-corrected chi connectivity index (χ1v) is 5.97. The molecule has 0 amide bonds. The van der Waals surface area contributed by atoms with E-state index in [1.54, 1.807) is 11.1 Å². The molecule has 0 fully saturated rings. The van der Waals surface area contributed by atoms with Gasteiger partial charge < -0.3 is 5.32 Å². The molecule has 1 aliphatic rings. The normalized spacial score (nSPS) is 24.3. The molecule has 1 aliphatic carbocycles. The molecule has 0 aliphatic heterocycles. The van der Waals surface area contributed by atoms with Crippen molar-refractivity contribution in [2.75, 3.05) is 6.54 Å². The summed E-state index contributed by atoms with van der Waals surface area (Å²) in [5, 5.41) is 3.62. The van der Waals surface area contributed by atoms with Crippen molar-refractivity contribution in [3.05, 3.63) is 34.4 Å². The average molecular weight is 203 g/mol. The Balaban J connectivity index is 2.47. The van der Waals surface area contributed by atoms with Gasteiger partial charge in [-0.25, -0.2) is 0 Å². The Hall–Kier alpha value is -0.820. The summed E-state index contributed by atoms with van der Waals surface area (Å²) in [5.41, 5.74) is 6.08. The summed E-state index contributed by atoms with van der Waals surface area (Å²) in [5.74, 6) is 0.736. The Kier molecular flexibility index (Phi) is 2.83. The second-order valence-electron chi connectivity index (χ2n) is 4.81. The zero-order valence-corrected chi connectivity index (χ0v) is 10.2. The molecule has 15 heavy (non-hydrogen) atoms. The van der Waals surface area contributed by atoms with Crippen LogP contribution in [-0.4, -0.2) is 6.54 Å². The Morgan fingerprint density at radius 2 is 1.93 bits per heavy atom. The van der Waals surface area contributed by atoms with Crippen LogP contribution in [0.5, 0.6) is 0 Å². The first-order valence-electron chi connectivity index (χ1n) is 5.97. The fourth-order valence-corrected chi connectivity index (χ4v) is 2.84. The summed E-state index contributed by atoms with van der Waals surface area (Å²) < 4.78 is 0. The Morgan fingerprint density at radius 1 is 1.27 bits per heavy atom. The number of fused-ring (bicyclic) bond motifs is 1. The largest absolute Gasteiger partial charge is 0.310 e. The molecule has 0 heterocycles. The quantitative estimate of drug-likeness (QED) is 0.778. The number of rotatable bonds is 2. The van der Waals surface area contributed by atoms with Gasteiger partial charge in [-0.1, -0.05) is 26.0 Å². The predicted molar refractivity (Wildman–Crippen MR) is 65.2 cm³/mol. The number of nitrogens with one attached hydrogen (secondary N) is 1.